The molecule has 0 unspecified atom stereocenters. The Morgan fingerprint density at radius 1 is 0.265 bits per heavy atom. The van der Waals surface area contributed by atoms with Gasteiger partial charge in [-0.25, -0.2) is 0 Å². The minimum absolute atomic E-state index is 0.0604. The van der Waals surface area contributed by atoms with Gasteiger partial charge in [0.15, 0.2) is 0 Å². The van der Waals surface area contributed by atoms with Gasteiger partial charge in [0.05, 0.1) is 0 Å². The van der Waals surface area contributed by atoms with Crippen molar-refractivity contribution in [2.75, 3.05) is 0 Å². The Balaban J connectivity index is 1.99. The zero-order valence-electron chi connectivity index (χ0n) is 18.2. The molecule has 4 N–H and O–H groups in total. The van der Waals surface area contributed by atoms with E-state index in [2.05, 4.69) is 0 Å². The molecule has 166 valence electrons. The second-order valence-corrected chi connectivity index (χ2v) is 7.98. The number of hydrogen-bond donors (Lipinski definition) is 4. The zero-order valence-corrected chi connectivity index (χ0v) is 18.2. The van der Waals surface area contributed by atoms with Crippen LogP contribution >= 0.6 is 0 Å². The van der Waals surface area contributed by atoms with Crippen LogP contribution in [0, 0.1) is 0 Å². The van der Waals surface area contributed by atoms with Crippen LogP contribution in [-0.4, -0.2) is 20.4 Å². The average molecular weight is 447 g/mol. The van der Waals surface area contributed by atoms with Crippen molar-refractivity contribution in [1.82, 2.24) is 0 Å². The van der Waals surface area contributed by atoms with Crippen molar-refractivity contribution in [3.63, 3.8) is 0 Å². The molecule has 0 fully saturated rings. The Morgan fingerprint density at radius 2 is 0.529 bits per heavy atom. The summed E-state index contributed by atoms with van der Waals surface area (Å²) in [5.74, 6) is 0.311. The summed E-state index contributed by atoms with van der Waals surface area (Å²) in [6, 6.07) is 31.7. The molecule has 0 saturated heterocycles. The predicted octanol–water partition coefficient (Wildman–Crippen LogP) is 7.18. The van der Waals surface area contributed by atoms with Crippen molar-refractivity contribution in [3.8, 4) is 67.5 Å². The molecular formula is C30H22O4. The van der Waals surface area contributed by atoms with Crippen molar-refractivity contribution in [2.45, 2.75) is 0 Å². The molecule has 0 aliphatic heterocycles. The van der Waals surface area contributed by atoms with E-state index in [-0.39, 0.29) is 23.0 Å². The number of phenols is 4. The van der Waals surface area contributed by atoms with Gasteiger partial charge in [-0.1, -0.05) is 84.9 Å². The Kier molecular flexibility index (Phi) is 5.40. The second-order valence-electron chi connectivity index (χ2n) is 7.98. The van der Waals surface area contributed by atoms with Gasteiger partial charge in [-0.2, -0.15) is 0 Å². The highest BCUT2D eigenvalue weighted by molar-refractivity contribution is 6.04. The molecule has 0 heterocycles. The number of hydrogen-bond acceptors (Lipinski definition) is 4. The van der Waals surface area contributed by atoms with Gasteiger partial charge in [0.25, 0.3) is 0 Å². The number of para-hydroxylation sites is 4. The molecule has 4 heteroatoms. The molecule has 5 aromatic rings. The fourth-order valence-electron chi connectivity index (χ4n) is 4.38. The van der Waals surface area contributed by atoms with Crippen LogP contribution in [0.15, 0.2) is 109 Å². The van der Waals surface area contributed by atoms with E-state index in [9.17, 15) is 20.4 Å². The molecule has 0 bridgehead atoms. The second kappa shape index (κ2) is 8.68. The van der Waals surface area contributed by atoms with Crippen LogP contribution in [0.4, 0.5) is 0 Å². The Morgan fingerprint density at radius 3 is 0.824 bits per heavy atom. The summed E-state index contributed by atoms with van der Waals surface area (Å²) in [7, 11) is 0. The highest BCUT2D eigenvalue weighted by Crippen LogP contribution is 2.51. The van der Waals surface area contributed by atoms with Gasteiger partial charge in [0.1, 0.15) is 23.0 Å². The molecule has 0 aliphatic rings. The first-order chi connectivity index (χ1) is 16.6. The van der Waals surface area contributed by atoms with E-state index in [4.69, 9.17) is 0 Å². The quantitative estimate of drug-likeness (QED) is 0.236. The van der Waals surface area contributed by atoms with E-state index in [0.717, 1.165) is 0 Å². The van der Waals surface area contributed by atoms with Crippen molar-refractivity contribution in [3.05, 3.63) is 109 Å². The third-order valence-corrected chi connectivity index (χ3v) is 5.94. The van der Waals surface area contributed by atoms with E-state index in [1.165, 1.54) is 0 Å². The van der Waals surface area contributed by atoms with E-state index in [1.54, 1.807) is 60.7 Å². The van der Waals surface area contributed by atoms with Gasteiger partial charge in [-0.15, -0.1) is 0 Å². The summed E-state index contributed by atoms with van der Waals surface area (Å²) in [5.41, 5.74) is 4.85. The lowest BCUT2D eigenvalue weighted by molar-refractivity contribution is 0.475. The molecule has 5 aromatic carbocycles. The number of aromatic hydroxyl groups is 4. The predicted molar refractivity (Wildman–Crippen MR) is 135 cm³/mol. The van der Waals surface area contributed by atoms with Gasteiger partial charge in [-0.05, 0) is 35.4 Å². The molecule has 0 radical (unpaired) electrons. The summed E-state index contributed by atoms with van der Waals surface area (Å²) in [6.45, 7) is 0. The van der Waals surface area contributed by atoms with E-state index in [0.29, 0.717) is 44.5 Å². The van der Waals surface area contributed by atoms with Gasteiger partial charge in [0.2, 0.25) is 0 Å². The lowest BCUT2D eigenvalue weighted by Crippen LogP contribution is -1.95. The third-order valence-electron chi connectivity index (χ3n) is 5.94. The van der Waals surface area contributed by atoms with Crippen molar-refractivity contribution >= 4 is 0 Å². The summed E-state index contributed by atoms with van der Waals surface area (Å²) in [4.78, 5) is 0. The molecule has 0 amide bonds. The Bertz CT molecular complexity index is 1390. The Hall–Kier alpha value is -4.70. The van der Waals surface area contributed by atoms with Crippen LogP contribution in [0.25, 0.3) is 44.5 Å². The summed E-state index contributed by atoms with van der Waals surface area (Å²) < 4.78 is 0. The minimum atomic E-state index is 0.0604. The molecule has 34 heavy (non-hydrogen) atoms. The maximum absolute atomic E-state index is 10.9. The van der Waals surface area contributed by atoms with Crippen LogP contribution in [0.5, 0.6) is 23.0 Å². The highest BCUT2D eigenvalue weighted by Gasteiger charge is 2.24. The fraction of sp³-hybridized carbons (Fsp3) is 0. The van der Waals surface area contributed by atoms with Crippen LogP contribution in [0.1, 0.15) is 0 Å². The molecule has 0 spiro atoms. The maximum Gasteiger partial charge on any atom is 0.123 e. The van der Waals surface area contributed by atoms with Crippen LogP contribution < -0.4 is 0 Å². The number of benzene rings is 5. The lowest BCUT2D eigenvalue weighted by atomic mass is 9.82. The van der Waals surface area contributed by atoms with E-state index < -0.39 is 0 Å². The third kappa shape index (κ3) is 3.61. The molecule has 0 atom stereocenters. The molecule has 4 nitrogen and oxygen atoms in total. The first-order valence-corrected chi connectivity index (χ1v) is 10.9. The van der Waals surface area contributed by atoms with Gasteiger partial charge >= 0.3 is 0 Å². The van der Waals surface area contributed by atoms with Crippen LogP contribution in [0.3, 0.4) is 0 Å². The summed E-state index contributed by atoms with van der Waals surface area (Å²) >= 11 is 0. The van der Waals surface area contributed by atoms with Crippen molar-refractivity contribution in [1.29, 1.82) is 0 Å². The SMILES string of the molecule is Oc1ccccc1-c1ccc(-c2ccccc2O)c(-c2ccccc2O)c1-c1ccccc1O. The van der Waals surface area contributed by atoms with Crippen LogP contribution in [0.2, 0.25) is 0 Å². The zero-order chi connectivity index (χ0) is 23.7. The molecule has 0 aliphatic carbocycles. The summed E-state index contributed by atoms with van der Waals surface area (Å²) in [6.07, 6.45) is 0. The monoisotopic (exact) mass is 446 g/mol. The standard InChI is InChI=1S/C30H22O4/c31-25-13-5-1-9-19(25)21-17-18-22(20-10-2-6-14-26(20)32)30(24-12-4-8-16-28(24)34)29(21)23-11-3-7-15-27(23)33/h1-18,31-34H. The first-order valence-electron chi connectivity index (χ1n) is 10.9. The van der Waals surface area contributed by atoms with E-state index in [1.807, 2.05) is 48.5 Å². The number of phenolic OH excluding ortho intramolecular Hbond substituents is 4. The van der Waals surface area contributed by atoms with Crippen molar-refractivity contribution < 1.29 is 20.4 Å². The van der Waals surface area contributed by atoms with Gasteiger partial charge in [-0.3, -0.25) is 0 Å². The summed E-state index contributed by atoms with van der Waals surface area (Å²) in [5, 5.41) is 43.2. The van der Waals surface area contributed by atoms with Crippen molar-refractivity contribution in [2.24, 2.45) is 0 Å². The normalized spacial score (nSPS) is 10.8. The molecule has 0 aromatic heterocycles. The maximum atomic E-state index is 10.9. The molecule has 5 rings (SSSR count). The first kappa shape index (κ1) is 21.2. The fourth-order valence-corrected chi connectivity index (χ4v) is 4.38. The smallest absolute Gasteiger partial charge is 0.123 e. The largest absolute Gasteiger partial charge is 0.507 e. The number of rotatable bonds is 4. The average Bonchev–Trinajstić information content (AvgIpc) is 2.85. The Labute approximate surface area is 197 Å². The lowest BCUT2D eigenvalue weighted by Gasteiger charge is -2.22. The van der Waals surface area contributed by atoms with Gasteiger partial charge < -0.3 is 20.4 Å². The van der Waals surface area contributed by atoms with Gasteiger partial charge in [0, 0.05) is 33.4 Å². The highest BCUT2D eigenvalue weighted by atomic mass is 16.3. The topological polar surface area (TPSA) is 80.9 Å². The minimum Gasteiger partial charge on any atom is -0.507 e. The van der Waals surface area contributed by atoms with Crippen LogP contribution in [-0.2, 0) is 0 Å². The molecule has 0 saturated carbocycles. The van der Waals surface area contributed by atoms with E-state index >= 15 is 0 Å². The molecular weight excluding hydrogens is 424 g/mol.